The number of rotatable bonds is 5. The number of ether oxygens (including phenoxy) is 1. The summed E-state index contributed by atoms with van der Waals surface area (Å²) in [7, 11) is 3.71. The summed E-state index contributed by atoms with van der Waals surface area (Å²) in [4.78, 5) is 0. The number of benzene rings is 2. The van der Waals surface area contributed by atoms with Crippen LogP contribution < -0.4 is 10.1 Å². The van der Waals surface area contributed by atoms with Crippen LogP contribution in [0.4, 0.5) is 0 Å². The van der Waals surface area contributed by atoms with Crippen molar-refractivity contribution in [2.75, 3.05) is 20.7 Å². The molecule has 2 aromatic carbocycles. The molecule has 0 spiro atoms. The van der Waals surface area contributed by atoms with Crippen LogP contribution in [-0.4, -0.2) is 20.7 Å². The first-order valence-corrected chi connectivity index (χ1v) is 6.05. The van der Waals surface area contributed by atoms with Crippen molar-refractivity contribution in [1.29, 1.82) is 0 Å². The molecular weight excluding hydrogens is 210 g/mol. The molecule has 2 heteroatoms. The quantitative estimate of drug-likeness (QED) is 0.796. The van der Waals surface area contributed by atoms with E-state index in [1.165, 1.54) is 16.3 Å². The van der Waals surface area contributed by atoms with Gasteiger partial charge >= 0.3 is 0 Å². The summed E-state index contributed by atoms with van der Waals surface area (Å²) in [5, 5.41) is 5.78. The van der Waals surface area contributed by atoms with Gasteiger partial charge < -0.3 is 10.1 Å². The molecule has 0 saturated heterocycles. The Morgan fingerprint density at radius 1 is 1.18 bits per heavy atom. The third-order valence-corrected chi connectivity index (χ3v) is 3.05. The zero-order valence-corrected chi connectivity index (χ0v) is 10.5. The Bertz CT molecular complexity index is 493. The first-order valence-electron chi connectivity index (χ1n) is 6.05. The standard InChI is InChI=1S/C15H19NO/c1-16-10-4-7-12-5-3-6-13-8-9-14(17-2)11-15(12)13/h3,5-6,8-9,11,16H,4,7,10H2,1-2H3. The summed E-state index contributed by atoms with van der Waals surface area (Å²) < 4.78 is 5.29. The minimum atomic E-state index is 0.929. The fraction of sp³-hybridized carbons (Fsp3) is 0.333. The van der Waals surface area contributed by atoms with E-state index in [4.69, 9.17) is 4.74 Å². The van der Waals surface area contributed by atoms with Gasteiger partial charge in [0.1, 0.15) is 5.75 Å². The van der Waals surface area contributed by atoms with Gasteiger partial charge in [0.15, 0.2) is 0 Å². The molecule has 0 aliphatic heterocycles. The lowest BCUT2D eigenvalue weighted by atomic mass is 10.0. The van der Waals surface area contributed by atoms with Crippen LogP contribution in [0.5, 0.6) is 5.75 Å². The van der Waals surface area contributed by atoms with E-state index in [9.17, 15) is 0 Å². The molecule has 0 aliphatic carbocycles. The molecule has 2 nitrogen and oxygen atoms in total. The fourth-order valence-corrected chi connectivity index (χ4v) is 2.12. The summed E-state index contributed by atoms with van der Waals surface area (Å²) >= 11 is 0. The third kappa shape index (κ3) is 2.77. The lowest BCUT2D eigenvalue weighted by Crippen LogP contribution is -2.08. The van der Waals surface area contributed by atoms with Gasteiger partial charge in [-0.1, -0.05) is 24.3 Å². The molecular formula is C15H19NO. The molecule has 2 aromatic rings. The lowest BCUT2D eigenvalue weighted by Gasteiger charge is -2.08. The van der Waals surface area contributed by atoms with Gasteiger partial charge in [0.2, 0.25) is 0 Å². The first kappa shape index (κ1) is 11.9. The van der Waals surface area contributed by atoms with Gasteiger partial charge in [0.05, 0.1) is 7.11 Å². The van der Waals surface area contributed by atoms with Crippen LogP contribution in [-0.2, 0) is 6.42 Å². The van der Waals surface area contributed by atoms with E-state index in [1.807, 2.05) is 13.1 Å². The number of aryl methyl sites for hydroxylation is 1. The third-order valence-electron chi connectivity index (χ3n) is 3.05. The first-order chi connectivity index (χ1) is 8.35. The summed E-state index contributed by atoms with van der Waals surface area (Å²) in [6, 6.07) is 12.7. The van der Waals surface area contributed by atoms with Crippen LogP contribution in [0.25, 0.3) is 10.8 Å². The molecule has 0 heterocycles. The number of methoxy groups -OCH3 is 1. The highest BCUT2D eigenvalue weighted by Gasteiger charge is 2.02. The van der Waals surface area contributed by atoms with Gasteiger partial charge in [-0.3, -0.25) is 0 Å². The van der Waals surface area contributed by atoms with Gasteiger partial charge in [0, 0.05) is 0 Å². The molecule has 17 heavy (non-hydrogen) atoms. The van der Waals surface area contributed by atoms with Crippen molar-refractivity contribution in [3.8, 4) is 5.75 Å². The van der Waals surface area contributed by atoms with E-state index in [2.05, 4.69) is 35.6 Å². The van der Waals surface area contributed by atoms with Crippen LogP contribution in [0, 0.1) is 0 Å². The van der Waals surface area contributed by atoms with Crippen molar-refractivity contribution in [3.05, 3.63) is 42.0 Å². The van der Waals surface area contributed by atoms with E-state index in [1.54, 1.807) is 7.11 Å². The van der Waals surface area contributed by atoms with Crippen molar-refractivity contribution in [2.45, 2.75) is 12.8 Å². The summed E-state index contributed by atoms with van der Waals surface area (Å²) in [5.74, 6) is 0.929. The molecule has 0 saturated carbocycles. The summed E-state index contributed by atoms with van der Waals surface area (Å²) in [6.07, 6.45) is 2.26. The maximum Gasteiger partial charge on any atom is 0.119 e. The Labute approximate surface area is 103 Å². The van der Waals surface area contributed by atoms with E-state index < -0.39 is 0 Å². The molecule has 0 atom stereocenters. The number of hydrogen-bond donors (Lipinski definition) is 1. The molecule has 0 fully saturated rings. The average molecular weight is 229 g/mol. The monoisotopic (exact) mass is 229 g/mol. The molecule has 0 aliphatic rings. The molecule has 0 aromatic heterocycles. The molecule has 2 rings (SSSR count). The molecule has 0 unspecified atom stereocenters. The van der Waals surface area contributed by atoms with E-state index >= 15 is 0 Å². The number of fused-ring (bicyclic) bond motifs is 1. The van der Waals surface area contributed by atoms with Crippen LogP contribution in [0.1, 0.15) is 12.0 Å². The zero-order valence-electron chi connectivity index (χ0n) is 10.5. The van der Waals surface area contributed by atoms with Crippen LogP contribution in [0.3, 0.4) is 0 Å². The van der Waals surface area contributed by atoms with Crippen LogP contribution >= 0.6 is 0 Å². The number of nitrogens with one attached hydrogen (secondary N) is 1. The second kappa shape index (κ2) is 5.69. The normalized spacial score (nSPS) is 10.7. The minimum absolute atomic E-state index is 0.929. The Balaban J connectivity index is 2.33. The number of hydrogen-bond acceptors (Lipinski definition) is 2. The lowest BCUT2D eigenvalue weighted by molar-refractivity contribution is 0.415. The minimum Gasteiger partial charge on any atom is -0.497 e. The average Bonchev–Trinajstić information content (AvgIpc) is 2.39. The van der Waals surface area contributed by atoms with E-state index in [-0.39, 0.29) is 0 Å². The van der Waals surface area contributed by atoms with Gasteiger partial charge in [-0.15, -0.1) is 0 Å². The Kier molecular flexibility index (Phi) is 3.99. The predicted octanol–water partition coefficient (Wildman–Crippen LogP) is 3.00. The molecule has 1 N–H and O–H groups in total. The van der Waals surface area contributed by atoms with Crippen molar-refractivity contribution < 1.29 is 4.74 Å². The van der Waals surface area contributed by atoms with Gasteiger partial charge in [0.25, 0.3) is 0 Å². The van der Waals surface area contributed by atoms with E-state index in [0.717, 1.165) is 25.1 Å². The van der Waals surface area contributed by atoms with Gasteiger partial charge in [-0.05, 0) is 54.9 Å². The Morgan fingerprint density at radius 3 is 2.82 bits per heavy atom. The van der Waals surface area contributed by atoms with E-state index in [0.29, 0.717) is 0 Å². The second-order valence-electron chi connectivity index (χ2n) is 4.21. The summed E-state index contributed by atoms with van der Waals surface area (Å²) in [6.45, 7) is 1.06. The van der Waals surface area contributed by atoms with Crippen molar-refractivity contribution in [3.63, 3.8) is 0 Å². The largest absolute Gasteiger partial charge is 0.497 e. The highest BCUT2D eigenvalue weighted by atomic mass is 16.5. The maximum absolute atomic E-state index is 5.29. The maximum atomic E-state index is 5.29. The van der Waals surface area contributed by atoms with Crippen molar-refractivity contribution >= 4 is 10.8 Å². The Hall–Kier alpha value is -1.54. The fourth-order valence-electron chi connectivity index (χ4n) is 2.12. The zero-order chi connectivity index (χ0) is 12.1. The predicted molar refractivity (Wildman–Crippen MR) is 72.7 cm³/mol. The molecule has 0 amide bonds. The molecule has 0 radical (unpaired) electrons. The van der Waals surface area contributed by atoms with Crippen LogP contribution in [0.2, 0.25) is 0 Å². The van der Waals surface area contributed by atoms with Gasteiger partial charge in [-0.25, -0.2) is 0 Å². The van der Waals surface area contributed by atoms with Crippen LogP contribution in [0.15, 0.2) is 36.4 Å². The Morgan fingerprint density at radius 2 is 2.06 bits per heavy atom. The van der Waals surface area contributed by atoms with Gasteiger partial charge in [-0.2, -0.15) is 0 Å². The van der Waals surface area contributed by atoms with Crippen molar-refractivity contribution in [1.82, 2.24) is 5.32 Å². The molecule has 0 bridgehead atoms. The SMILES string of the molecule is CNCCCc1cccc2ccc(OC)cc12. The highest BCUT2D eigenvalue weighted by molar-refractivity contribution is 5.87. The molecule has 90 valence electrons. The smallest absolute Gasteiger partial charge is 0.119 e. The summed E-state index contributed by atoms with van der Waals surface area (Å²) in [5.41, 5.74) is 1.40. The van der Waals surface area contributed by atoms with Crippen molar-refractivity contribution in [2.24, 2.45) is 0 Å². The topological polar surface area (TPSA) is 21.3 Å². The highest BCUT2D eigenvalue weighted by Crippen LogP contribution is 2.24. The second-order valence-corrected chi connectivity index (χ2v) is 4.21.